The van der Waals surface area contributed by atoms with Crippen LogP contribution in [0.15, 0.2) is 0 Å². The van der Waals surface area contributed by atoms with Gasteiger partial charge in [0.05, 0.1) is 0 Å². The van der Waals surface area contributed by atoms with Crippen LogP contribution >= 0.6 is 0 Å². The maximum absolute atomic E-state index is 10.7. The average molecular weight is 322 g/mol. The van der Waals surface area contributed by atoms with E-state index in [9.17, 15) is 3.74 Å². The molecule has 0 heterocycles. The predicted molar refractivity (Wildman–Crippen MR) is 76.8 cm³/mol. The first-order chi connectivity index (χ1) is 8.56. The molecule has 0 aromatic carbocycles. The van der Waals surface area contributed by atoms with Gasteiger partial charge in [-0.2, -0.15) is 0 Å². The Morgan fingerprint density at radius 2 is 1.00 bits per heavy atom. The first kappa shape index (κ1) is 18.3. The average Bonchev–Trinajstić information content (AvgIpc) is 2.29. The fourth-order valence-corrected chi connectivity index (χ4v) is 3.49. The van der Waals surface area contributed by atoms with Crippen molar-refractivity contribution in [2.24, 2.45) is 0 Å². The molecule has 0 rings (SSSR count). The minimum absolute atomic E-state index is 0.121. The molecule has 0 aromatic heterocycles. The summed E-state index contributed by atoms with van der Waals surface area (Å²) in [6.45, 7) is 2.24. The van der Waals surface area contributed by atoms with E-state index in [1.807, 2.05) is 0 Å². The molecule has 0 aliphatic rings. The number of hydrogen-bond donors (Lipinski definition) is 2. The van der Waals surface area contributed by atoms with Crippen molar-refractivity contribution in [1.29, 1.82) is 0 Å². The Balaban J connectivity index is 3.01. The van der Waals surface area contributed by atoms with Crippen molar-refractivity contribution in [2.45, 2.75) is 89.2 Å². The Morgan fingerprint density at radius 1 is 0.667 bits per heavy atom. The van der Waals surface area contributed by atoms with Crippen LogP contribution in [0.2, 0.25) is 5.21 Å². The molecule has 0 unspecified atom stereocenters. The molecule has 0 radical (unpaired) electrons. The molecule has 0 bridgehead atoms. The fraction of sp³-hybridized carbons (Fsp3) is 1.00. The van der Waals surface area contributed by atoms with Crippen LogP contribution in [-0.2, 0) is 3.74 Å². The summed E-state index contributed by atoms with van der Waals surface area (Å²) in [6.07, 6.45) is 14.8. The van der Waals surface area contributed by atoms with Crippen molar-refractivity contribution in [2.75, 3.05) is 0 Å². The van der Waals surface area contributed by atoms with E-state index in [0.717, 1.165) is 12.8 Å². The molecule has 0 atom stereocenters. The molecular weight excluding hydrogens is 291 g/mol. The number of rotatable bonds is 13. The molecule has 0 saturated carbocycles. The quantitative estimate of drug-likeness (QED) is 0.397. The summed E-state index contributed by atoms with van der Waals surface area (Å²) in [5.74, 6) is 0. The van der Waals surface area contributed by atoms with E-state index in [-0.39, 0.29) is 5.21 Å². The summed E-state index contributed by atoms with van der Waals surface area (Å²) < 4.78 is 28.2. The van der Waals surface area contributed by atoms with Gasteiger partial charge in [-0.25, -0.2) is 0 Å². The molecule has 0 amide bonds. The second-order valence-corrected chi connectivity index (χ2v) is 9.00. The van der Waals surface area contributed by atoms with Crippen molar-refractivity contribution in [1.82, 2.24) is 0 Å². The summed E-state index contributed by atoms with van der Waals surface area (Å²) in [6, 6.07) is 0. The van der Waals surface area contributed by atoms with E-state index in [0.29, 0.717) is 6.42 Å². The summed E-state index contributed by atoms with van der Waals surface area (Å²) in [5.41, 5.74) is 0. The van der Waals surface area contributed by atoms with Gasteiger partial charge in [0.15, 0.2) is 0 Å². The third-order valence-electron chi connectivity index (χ3n) is 3.30. The third-order valence-corrected chi connectivity index (χ3v) is 5.19. The topological polar surface area (TPSA) is 57.5 Å². The normalized spacial score (nSPS) is 11.9. The minimum atomic E-state index is -4.31. The monoisotopic (exact) mass is 322 g/mol. The Labute approximate surface area is 115 Å². The van der Waals surface area contributed by atoms with Gasteiger partial charge in [-0.05, 0) is 0 Å². The molecule has 2 N–H and O–H groups in total. The van der Waals surface area contributed by atoms with Crippen LogP contribution in [0.25, 0.3) is 0 Å². The molecule has 0 fully saturated rings. The van der Waals surface area contributed by atoms with Crippen LogP contribution in [0.3, 0.4) is 0 Å². The Bertz CT molecular complexity index is 213. The van der Waals surface area contributed by atoms with Crippen LogP contribution in [0.5, 0.6) is 0 Å². The van der Waals surface area contributed by atoms with E-state index in [1.165, 1.54) is 57.8 Å². The molecule has 0 aliphatic heterocycles. The Hall–Kier alpha value is 0.278. The van der Waals surface area contributed by atoms with Crippen LogP contribution in [0, 0.1) is 0 Å². The van der Waals surface area contributed by atoms with E-state index < -0.39 is 14.2 Å². The van der Waals surface area contributed by atoms with Gasteiger partial charge in [-0.1, -0.05) is 13.3 Å². The van der Waals surface area contributed by atoms with Crippen molar-refractivity contribution >= 4 is 14.2 Å². The van der Waals surface area contributed by atoms with E-state index >= 15 is 0 Å². The van der Waals surface area contributed by atoms with Crippen molar-refractivity contribution in [3.05, 3.63) is 0 Å². The maximum atomic E-state index is 10.7. The second kappa shape index (κ2) is 12.3. The zero-order valence-electron chi connectivity index (χ0n) is 11.9. The SMILES string of the molecule is CCCCCCCCCCCCCC[As](=O)(O)O. The van der Waals surface area contributed by atoms with Crippen LogP contribution < -0.4 is 0 Å². The summed E-state index contributed by atoms with van der Waals surface area (Å²) in [4.78, 5) is 0. The number of hydrogen-bond acceptors (Lipinski definition) is 1. The van der Waals surface area contributed by atoms with Gasteiger partial charge in [-0.3, -0.25) is 0 Å². The van der Waals surface area contributed by atoms with E-state index in [2.05, 4.69) is 6.92 Å². The van der Waals surface area contributed by atoms with Crippen LogP contribution in [-0.4, -0.2) is 22.4 Å². The fourth-order valence-electron chi connectivity index (χ4n) is 2.16. The van der Waals surface area contributed by atoms with Gasteiger partial charge < -0.3 is 0 Å². The molecule has 3 nitrogen and oxygen atoms in total. The summed E-state index contributed by atoms with van der Waals surface area (Å²) in [7, 11) is 0. The zero-order chi connectivity index (χ0) is 13.7. The first-order valence-electron chi connectivity index (χ1n) is 7.61. The van der Waals surface area contributed by atoms with Gasteiger partial charge >= 0.3 is 102 Å². The molecule has 18 heavy (non-hydrogen) atoms. The first-order valence-corrected chi connectivity index (χ1v) is 11.4. The van der Waals surface area contributed by atoms with Gasteiger partial charge in [0.1, 0.15) is 0 Å². The van der Waals surface area contributed by atoms with E-state index in [4.69, 9.17) is 8.19 Å². The van der Waals surface area contributed by atoms with Crippen LogP contribution in [0.1, 0.15) is 84.0 Å². The van der Waals surface area contributed by atoms with Crippen molar-refractivity contribution in [3.8, 4) is 0 Å². The Morgan fingerprint density at radius 3 is 1.33 bits per heavy atom. The third kappa shape index (κ3) is 16.3. The summed E-state index contributed by atoms with van der Waals surface area (Å²) in [5, 5.41) is 0.121. The van der Waals surface area contributed by atoms with Gasteiger partial charge in [-0.15, -0.1) is 0 Å². The molecular formula is C14H31AsO3. The molecule has 0 aliphatic carbocycles. The van der Waals surface area contributed by atoms with Gasteiger partial charge in [0.25, 0.3) is 0 Å². The van der Waals surface area contributed by atoms with E-state index in [1.54, 1.807) is 0 Å². The summed E-state index contributed by atoms with van der Waals surface area (Å²) >= 11 is -4.31. The van der Waals surface area contributed by atoms with Gasteiger partial charge in [0, 0.05) is 0 Å². The van der Waals surface area contributed by atoms with Crippen LogP contribution in [0.4, 0.5) is 0 Å². The Kier molecular flexibility index (Phi) is 12.5. The predicted octanol–water partition coefficient (Wildman–Crippen LogP) is 4.04. The molecule has 0 saturated heterocycles. The molecule has 0 aromatic rings. The second-order valence-electron chi connectivity index (χ2n) is 5.28. The van der Waals surface area contributed by atoms with Crippen molar-refractivity contribution in [3.63, 3.8) is 0 Å². The van der Waals surface area contributed by atoms with Gasteiger partial charge in [0.2, 0.25) is 0 Å². The van der Waals surface area contributed by atoms with Crippen molar-refractivity contribution < 1.29 is 11.9 Å². The molecule has 110 valence electrons. The zero-order valence-corrected chi connectivity index (χ0v) is 13.8. The number of unbranched alkanes of at least 4 members (excludes halogenated alkanes) is 11. The molecule has 0 spiro atoms. The standard InChI is InChI=1S/C14H31AsO3/c1-2-3-4-5-6-7-8-9-10-11-12-13-14-15(16,17)18/h2-14H2,1H3,(H2,16,17,18). The molecule has 4 heteroatoms.